The van der Waals surface area contributed by atoms with E-state index in [1.165, 1.54) is 0 Å². The summed E-state index contributed by atoms with van der Waals surface area (Å²) in [5.41, 5.74) is 7.54. The van der Waals surface area contributed by atoms with Gasteiger partial charge >= 0.3 is 0 Å². The molecule has 3 aromatic rings. The number of nitrogens with zero attached hydrogens (tertiary/aromatic N) is 5. The summed E-state index contributed by atoms with van der Waals surface area (Å²) in [5, 5.41) is 0.843. The fraction of sp³-hybridized carbons (Fsp3) is 0.263. The molecular formula is C19H20N6OS. The van der Waals surface area contributed by atoms with Gasteiger partial charge in [-0.15, -0.1) is 11.3 Å². The highest BCUT2D eigenvalue weighted by Crippen LogP contribution is 2.22. The van der Waals surface area contributed by atoms with Crippen molar-refractivity contribution in [2.45, 2.75) is 6.92 Å². The van der Waals surface area contributed by atoms with E-state index < -0.39 is 0 Å². The highest BCUT2D eigenvalue weighted by atomic mass is 32.1. The second kappa shape index (κ2) is 7.32. The number of piperazine rings is 1. The van der Waals surface area contributed by atoms with Crippen LogP contribution in [0.25, 0.3) is 16.3 Å². The minimum Gasteiger partial charge on any atom is -0.368 e. The molecule has 2 aromatic heterocycles. The first-order valence-corrected chi connectivity index (χ1v) is 9.59. The van der Waals surface area contributed by atoms with Gasteiger partial charge in [-0.25, -0.2) is 9.97 Å². The number of carbonyl (C=O) groups is 1. The van der Waals surface area contributed by atoms with E-state index in [1.807, 2.05) is 42.2 Å². The van der Waals surface area contributed by atoms with E-state index in [2.05, 4.69) is 19.9 Å². The molecule has 8 heteroatoms. The van der Waals surface area contributed by atoms with Crippen LogP contribution in [0.5, 0.6) is 0 Å². The summed E-state index contributed by atoms with van der Waals surface area (Å²) in [5.74, 6) is 1.10. The summed E-state index contributed by atoms with van der Waals surface area (Å²) in [6, 6.07) is 9.89. The molecule has 0 radical (unpaired) electrons. The molecule has 2 N–H and O–H groups in total. The monoisotopic (exact) mass is 380 g/mol. The lowest BCUT2D eigenvalue weighted by molar-refractivity contribution is -0.126. The second-order valence-electron chi connectivity index (χ2n) is 6.39. The van der Waals surface area contributed by atoms with Crippen molar-refractivity contribution in [3.05, 3.63) is 47.1 Å². The van der Waals surface area contributed by atoms with E-state index in [-0.39, 0.29) is 11.9 Å². The van der Waals surface area contributed by atoms with Crippen molar-refractivity contribution >= 4 is 45.3 Å². The molecular weight excluding hydrogens is 360 g/mol. The predicted octanol–water partition coefficient (Wildman–Crippen LogP) is 2.34. The number of hydrogen-bond donors (Lipinski definition) is 1. The van der Waals surface area contributed by atoms with Gasteiger partial charge in [0, 0.05) is 44.0 Å². The van der Waals surface area contributed by atoms with Crippen molar-refractivity contribution in [2.24, 2.45) is 0 Å². The lowest BCUT2D eigenvalue weighted by Crippen LogP contribution is -2.48. The minimum atomic E-state index is 0.00675. The molecule has 4 rings (SSSR count). The van der Waals surface area contributed by atoms with E-state index in [4.69, 9.17) is 5.73 Å². The lowest BCUT2D eigenvalue weighted by atomic mass is 10.3. The van der Waals surface area contributed by atoms with Crippen molar-refractivity contribution in [3.63, 3.8) is 0 Å². The summed E-state index contributed by atoms with van der Waals surface area (Å²) in [6.45, 7) is 4.62. The van der Waals surface area contributed by atoms with Crippen LogP contribution in [0.3, 0.4) is 0 Å². The average molecular weight is 380 g/mol. The molecule has 0 atom stereocenters. The van der Waals surface area contributed by atoms with Gasteiger partial charge in [-0.1, -0.05) is 12.1 Å². The Bertz CT molecular complexity index is 953. The van der Waals surface area contributed by atoms with Gasteiger partial charge in [0.1, 0.15) is 10.8 Å². The van der Waals surface area contributed by atoms with Gasteiger partial charge in [-0.2, -0.15) is 4.98 Å². The van der Waals surface area contributed by atoms with Crippen molar-refractivity contribution in [2.75, 3.05) is 36.8 Å². The largest absolute Gasteiger partial charge is 0.368 e. The van der Waals surface area contributed by atoms with Gasteiger partial charge in [0.15, 0.2) is 0 Å². The molecule has 0 bridgehead atoms. The van der Waals surface area contributed by atoms with Crippen LogP contribution in [0.15, 0.2) is 36.4 Å². The van der Waals surface area contributed by atoms with Crippen LogP contribution in [-0.4, -0.2) is 51.9 Å². The summed E-state index contributed by atoms with van der Waals surface area (Å²) in [6.07, 6.45) is 3.41. The van der Waals surface area contributed by atoms with Crippen LogP contribution in [-0.2, 0) is 4.79 Å². The van der Waals surface area contributed by atoms with Gasteiger partial charge in [0.05, 0.1) is 10.2 Å². The first kappa shape index (κ1) is 17.4. The average Bonchev–Trinajstić information content (AvgIpc) is 3.08. The van der Waals surface area contributed by atoms with Crippen molar-refractivity contribution < 1.29 is 4.79 Å². The number of para-hydroxylation sites is 1. The van der Waals surface area contributed by atoms with Crippen LogP contribution < -0.4 is 10.6 Å². The molecule has 7 nitrogen and oxygen atoms in total. The van der Waals surface area contributed by atoms with Gasteiger partial charge in [-0.05, 0) is 25.1 Å². The topological polar surface area (TPSA) is 88.2 Å². The van der Waals surface area contributed by atoms with E-state index >= 15 is 0 Å². The molecule has 0 aliphatic carbocycles. The lowest BCUT2D eigenvalue weighted by Gasteiger charge is -2.35. The summed E-state index contributed by atoms with van der Waals surface area (Å²) < 4.78 is 1.12. The van der Waals surface area contributed by atoms with Gasteiger partial charge in [0.25, 0.3) is 0 Å². The summed E-state index contributed by atoms with van der Waals surface area (Å²) in [7, 11) is 0. The van der Waals surface area contributed by atoms with Crippen LogP contribution >= 0.6 is 11.3 Å². The van der Waals surface area contributed by atoms with Crippen molar-refractivity contribution in [1.29, 1.82) is 0 Å². The van der Waals surface area contributed by atoms with Crippen LogP contribution in [0, 0.1) is 6.92 Å². The van der Waals surface area contributed by atoms with Crippen LogP contribution in [0.2, 0.25) is 0 Å². The smallest absolute Gasteiger partial charge is 0.246 e. The Morgan fingerprint density at radius 1 is 1.15 bits per heavy atom. The molecule has 0 spiro atoms. The Morgan fingerprint density at radius 3 is 2.67 bits per heavy atom. The second-order valence-corrected chi connectivity index (χ2v) is 7.45. The molecule has 27 heavy (non-hydrogen) atoms. The maximum absolute atomic E-state index is 12.5. The number of nitrogens with two attached hydrogens (primary N) is 1. The SMILES string of the molecule is Cc1cc(N2CCN(C(=O)C=Cc3nc4ccccc4s3)CC2)nc(N)n1. The van der Waals surface area contributed by atoms with E-state index in [0.717, 1.165) is 39.8 Å². The first-order chi connectivity index (χ1) is 13.1. The number of rotatable bonds is 3. The number of aryl methyl sites for hydroxylation is 1. The molecule has 138 valence electrons. The zero-order valence-corrected chi connectivity index (χ0v) is 15.8. The predicted molar refractivity (Wildman–Crippen MR) is 109 cm³/mol. The Morgan fingerprint density at radius 2 is 1.93 bits per heavy atom. The Hall–Kier alpha value is -3.00. The Balaban J connectivity index is 1.38. The minimum absolute atomic E-state index is 0.00675. The first-order valence-electron chi connectivity index (χ1n) is 8.77. The van der Waals surface area contributed by atoms with Crippen LogP contribution in [0.4, 0.5) is 11.8 Å². The molecule has 1 saturated heterocycles. The zero-order valence-electron chi connectivity index (χ0n) is 15.0. The Kier molecular flexibility index (Phi) is 4.72. The molecule has 1 aromatic carbocycles. The highest BCUT2D eigenvalue weighted by molar-refractivity contribution is 7.19. The fourth-order valence-electron chi connectivity index (χ4n) is 3.10. The highest BCUT2D eigenvalue weighted by Gasteiger charge is 2.21. The summed E-state index contributed by atoms with van der Waals surface area (Å²) >= 11 is 1.58. The maximum atomic E-state index is 12.5. The summed E-state index contributed by atoms with van der Waals surface area (Å²) in [4.78, 5) is 29.4. The number of amides is 1. The molecule has 1 amide bonds. The van der Waals surface area contributed by atoms with Gasteiger partial charge < -0.3 is 15.5 Å². The van der Waals surface area contributed by atoms with E-state index in [0.29, 0.717) is 13.1 Å². The third-order valence-electron chi connectivity index (χ3n) is 4.45. The van der Waals surface area contributed by atoms with Gasteiger partial charge in [-0.3, -0.25) is 4.79 Å². The number of nitrogen functional groups attached to an aromatic ring is 1. The number of aromatic nitrogens is 3. The Labute approximate surface area is 161 Å². The van der Waals surface area contributed by atoms with E-state index in [1.54, 1.807) is 23.5 Å². The number of benzene rings is 1. The molecule has 3 heterocycles. The molecule has 0 unspecified atom stereocenters. The molecule has 1 fully saturated rings. The number of thiazole rings is 1. The number of hydrogen-bond acceptors (Lipinski definition) is 7. The number of anilines is 2. The van der Waals surface area contributed by atoms with Crippen LogP contribution in [0.1, 0.15) is 10.7 Å². The third kappa shape index (κ3) is 3.90. The number of fused-ring (bicyclic) bond motifs is 1. The molecule has 1 aliphatic rings. The quantitative estimate of drug-likeness (QED) is 0.702. The van der Waals surface area contributed by atoms with Crippen molar-refractivity contribution in [1.82, 2.24) is 19.9 Å². The molecule has 1 aliphatic heterocycles. The third-order valence-corrected chi connectivity index (χ3v) is 5.45. The van der Waals surface area contributed by atoms with Gasteiger partial charge in [0.2, 0.25) is 11.9 Å². The maximum Gasteiger partial charge on any atom is 0.246 e. The normalized spacial score (nSPS) is 15.0. The molecule has 0 saturated carbocycles. The van der Waals surface area contributed by atoms with E-state index in [9.17, 15) is 4.79 Å². The fourth-order valence-corrected chi connectivity index (χ4v) is 3.97. The number of carbonyl (C=O) groups excluding carboxylic acids is 1. The zero-order chi connectivity index (χ0) is 18.8. The van der Waals surface area contributed by atoms with Crippen molar-refractivity contribution in [3.8, 4) is 0 Å². The standard InChI is InChI=1S/C19H20N6OS/c1-13-12-16(23-19(20)21-13)24-8-10-25(11-9-24)18(26)7-6-17-22-14-4-2-3-5-15(14)27-17/h2-7,12H,8-11H2,1H3,(H2,20,21,23).